The summed E-state index contributed by atoms with van der Waals surface area (Å²) in [5, 5.41) is 2.80. The van der Waals surface area contributed by atoms with E-state index < -0.39 is 17.9 Å². The van der Waals surface area contributed by atoms with Crippen molar-refractivity contribution in [2.24, 2.45) is 0 Å². The molecular formula is C35H34N4O6. The van der Waals surface area contributed by atoms with Gasteiger partial charge in [0.2, 0.25) is 5.88 Å². The molecule has 2 amide bonds. The number of carbonyl (C=O) groups is 2. The molecule has 10 nitrogen and oxygen atoms in total. The first-order valence-electron chi connectivity index (χ1n) is 14.5. The second kappa shape index (κ2) is 15.3. The molecule has 0 radical (unpaired) electrons. The summed E-state index contributed by atoms with van der Waals surface area (Å²) in [6, 6.07) is 30.7. The summed E-state index contributed by atoms with van der Waals surface area (Å²) in [7, 11) is 1.34. The van der Waals surface area contributed by atoms with E-state index in [2.05, 4.69) is 20.8 Å². The van der Waals surface area contributed by atoms with Gasteiger partial charge in [0.05, 0.1) is 18.1 Å². The Kier molecular flexibility index (Phi) is 10.5. The van der Waals surface area contributed by atoms with E-state index in [1.54, 1.807) is 24.3 Å². The van der Waals surface area contributed by atoms with Gasteiger partial charge in [0.1, 0.15) is 43.1 Å². The van der Waals surface area contributed by atoms with Crippen molar-refractivity contribution in [3.05, 3.63) is 126 Å². The molecule has 0 aliphatic heterocycles. The van der Waals surface area contributed by atoms with Gasteiger partial charge in [0, 0.05) is 12.0 Å². The van der Waals surface area contributed by atoms with Gasteiger partial charge >= 0.3 is 0 Å². The van der Waals surface area contributed by atoms with Crippen molar-refractivity contribution in [1.82, 2.24) is 20.8 Å². The monoisotopic (exact) mass is 606 g/mol. The second-order valence-corrected chi connectivity index (χ2v) is 10.1. The summed E-state index contributed by atoms with van der Waals surface area (Å²) in [5.41, 5.74) is 6.87. The van der Waals surface area contributed by atoms with Gasteiger partial charge < -0.3 is 19.5 Å². The number of hydroxylamine groups is 1. The summed E-state index contributed by atoms with van der Waals surface area (Å²) in [6.07, 6.45) is 0.252. The third-order valence-corrected chi connectivity index (χ3v) is 6.84. The molecule has 230 valence electrons. The minimum absolute atomic E-state index is 0.252. The number of carbonyl (C=O) groups excluding carboxylic acids is 2. The molecule has 0 fully saturated rings. The number of rotatable bonds is 14. The molecule has 1 atom stereocenters. The normalized spacial score (nSPS) is 11.4. The number of ether oxygens (including phenoxy) is 3. The van der Waals surface area contributed by atoms with E-state index in [1.807, 2.05) is 85.8 Å². The Balaban J connectivity index is 1.12. The third kappa shape index (κ3) is 8.77. The Morgan fingerprint density at radius 3 is 2.04 bits per heavy atom. The quantitative estimate of drug-likeness (QED) is 0.134. The van der Waals surface area contributed by atoms with Crippen LogP contribution < -0.4 is 25.0 Å². The van der Waals surface area contributed by atoms with Crippen LogP contribution in [0.2, 0.25) is 0 Å². The van der Waals surface area contributed by atoms with Gasteiger partial charge in [0.15, 0.2) is 0 Å². The Morgan fingerprint density at radius 1 is 0.711 bits per heavy atom. The van der Waals surface area contributed by atoms with Crippen LogP contribution in [-0.2, 0) is 22.7 Å². The Hall–Kier alpha value is -5.48. The topological polar surface area (TPSA) is 121 Å². The van der Waals surface area contributed by atoms with Crippen molar-refractivity contribution in [2.45, 2.75) is 26.0 Å². The highest BCUT2D eigenvalue weighted by atomic mass is 16.6. The van der Waals surface area contributed by atoms with Crippen LogP contribution in [-0.4, -0.2) is 48.1 Å². The van der Waals surface area contributed by atoms with Crippen molar-refractivity contribution in [3.8, 4) is 17.4 Å². The van der Waals surface area contributed by atoms with Crippen LogP contribution >= 0.6 is 0 Å². The summed E-state index contributed by atoms with van der Waals surface area (Å²) in [6.45, 7) is 2.84. The van der Waals surface area contributed by atoms with E-state index in [1.165, 1.54) is 7.11 Å². The van der Waals surface area contributed by atoms with Gasteiger partial charge in [-0.2, -0.15) is 0 Å². The fourth-order valence-corrected chi connectivity index (χ4v) is 4.53. The van der Waals surface area contributed by atoms with Crippen LogP contribution in [0.5, 0.6) is 17.4 Å². The highest BCUT2D eigenvalue weighted by Gasteiger charge is 2.22. The number of benzene rings is 4. The lowest BCUT2D eigenvalue weighted by atomic mass is 10.0. The van der Waals surface area contributed by atoms with Gasteiger partial charge in [-0.25, -0.2) is 15.4 Å². The Labute approximate surface area is 261 Å². The molecule has 0 aliphatic carbocycles. The molecule has 4 aromatic carbocycles. The number of aryl methyl sites for hydroxylation is 1. The standard InChI is InChI=1S/C35H34N4O6/c1-24-35(38-31-11-7-6-10-30(31)36-24)44-21-20-43-28-18-14-27(15-19-28)33(40)37-32(34(41)39-42-2)22-25-12-16-29(17-13-25)45-23-26-8-4-3-5-9-26/h3-19,32H,20-23H2,1-2H3,(H,37,40)(H,39,41)/t32-/m0/s1. The summed E-state index contributed by atoms with van der Waals surface area (Å²) >= 11 is 0. The first kappa shape index (κ1) is 31.0. The van der Waals surface area contributed by atoms with Gasteiger partial charge in [-0.3, -0.25) is 14.4 Å². The van der Waals surface area contributed by atoms with Gasteiger partial charge in [0.25, 0.3) is 11.8 Å². The fourth-order valence-electron chi connectivity index (χ4n) is 4.53. The maximum Gasteiger partial charge on any atom is 0.266 e. The molecule has 5 rings (SSSR count). The fraction of sp³-hybridized carbons (Fsp3) is 0.200. The van der Waals surface area contributed by atoms with E-state index in [0.717, 1.165) is 22.2 Å². The first-order valence-corrected chi connectivity index (χ1v) is 14.5. The molecule has 1 heterocycles. The van der Waals surface area contributed by atoms with Crippen molar-refractivity contribution >= 4 is 22.8 Å². The molecule has 5 aromatic rings. The first-order chi connectivity index (χ1) is 22.0. The highest BCUT2D eigenvalue weighted by molar-refractivity contribution is 5.97. The predicted molar refractivity (Wildman–Crippen MR) is 169 cm³/mol. The summed E-state index contributed by atoms with van der Waals surface area (Å²) in [4.78, 5) is 39.6. The summed E-state index contributed by atoms with van der Waals surface area (Å²) in [5.74, 6) is 0.857. The molecule has 1 aromatic heterocycles. The van der Waals surface area contributed by atoms with Gasteiger partial charge in [-0.05, 0) is 66.6 Å². The molecule has 0 saturated carbocycles. The molecule has 0 unspecified atom stereocenters. The van der Waals surface area contributed by atoms with Crippen molar-refractivity contribution in [1.29, 1.82) is 0 Å². The van der Waals surface area contributed by atoms with E-state index in [0.29, 0.717) is 35.2 Å². The zero-order chi connectivity index (χ0) is 31.4. The van der Waals surface area contributed by atoms with Crippen LogP contribution in [0, 0.1) is 6.92 Å². The van der Waals surface area contributed by atoms with E-state index in [4.69, 9.17) is 19.0 Å². The van der Waals surface area contributed by atoms with Gasteiger partial charge in [-0.1, -0.05) is 54.6 Å². The van der Waals surface area contributed by atoms with Crippen LogP contribution in [0.15, 0.2) is 103 Å². The van der Waals surface area contributed by atoms with E-state index in [9.17, 15) is 9.59 Å². The molecule has 0 saturated heterocycles. The lowest BCUT2D eigenvalue weighted by Crippen LogP contribution is -2.47. The number of fused-ring (bicyclic) bond motifs is 1. The number of hydrogen-bond acceptors (Lipinski definition) is 8. The van der Waals surface area contributed by atoms with E-state index >= 15 is 0 Å². The third-order valence-electron chi connectivity index (χ3n) is 6.84. The van der Waals surface area contributed by atoms with Gasteiger partial charge in [-0.15, -0.1) is 0 Å². The number of aromatic nitrogens is 2. The average molecular weight is 607 g/mol. The molecule has 10 heteroatoms. The maximum absolute atomic E-state index is 13.1. The van der Waals surface area contributed by atoms with Crippen LogP contribution in [0.1, 0.15) is 27.2 Å². The van der Waals surface area contributed by atoms with Crippen LogP contribution in [0.3, 0.4) is 0 Å². The second-order valence-electron chi connectivity index (χ2n) is 10.1. The number of nitrogens with zero attached hydrogens (tertiary/aromatic N) is 2. The molecule has 0 aliphatic rings. The maximum atomic E-state index is 13.1. The Bertz CT molecular complexity index is 1710. The molecule has 2 N–H and O–H groups in total. The SMILES string of the molecule is CONC(=O)[C@H](Cc1ccc(OCc2ccccc2)cc1)NC(=O)c1ccc(OCCOc2nc3ccccc3nc2C)cc1. The number of nitrogens with one attached hydrogen (secondary N) is 2. The van der Waals surface area contributed by atoms with E-state index in [-0.39, 0.29) is 19.6 Å². The van der Waals surface area contributed by atoms with Crippen molar-refractivity contribution in [3.63, 3.8) is 0 Å². The smallest absolute Gasteiger partial charge is 0.266 e. The zero-order valence-corrected chi connectivity index (χ0v) is 25.1. The highest BCUT2D eigenvalue weighted by Crippen LogP contribution is 2.19. The number of hydrogen-bond donors (Lipinski definition) is 2. The minimum atomic E-state index is -0.872. The lowest BCUT2D eigenvalue weighted by molar-refractivity contribution is -0.133. The van der Waals surface area contributed by atoms with Crippen LogP contribution in [0.4, 0.5) is 0 Å². The lowest BCUT2D eigenvalue weighted by Gasteiger charge is -2.18. The van der Waals surface area contributed by atoms with Crippen molar-refractivity contribution in [2.75, 3.05) is 20.3 Å². The predicted octanol–water partition coefficient (Wildman–Crippen LogP) is 4.99. The minimum Gasteiger partial charge on any atom is -0.490 e. The average Bonchev–Trinajstić information content (AvgIpc) is 3.07. The largest absolute Gasteiger partial charge is 0.490 e. The Morgan fingerprint density at radius 2 is 1.33 bits per heavy atom. The zero-order valence-electron chi connectivity index (χ0n) is 25.1. The molecule has 45 heavy (non-hydrogen) atoms. The number of para-hydroxylation sites is 2. The van der Waals surface area contributed by atoms with Crippen LogP contribution in [0.25, 0.3) is 11.0 Å². The molecular weight excluding hydrogens is 572 g/mol. The summed E-state index contributed by atoms with van der Waals surface area (Å²) < 4.78 is 17.4. The number of amides is 2. The molecule has 0 bridgehead atoms. The van der Waals surface area contributed by atoms with Crippen molar-refractivity contribution < 1.29 is 28.6 Å². The molecule has 0 spiro atoms.